The number of ether oxygens (including phenoxy) is 3. The molecule has 5 atom stereocenters. The summed E-state index contributed by atoms with van der Waals surface area (Å²) in [6.07, 6.45) is 109. The van der Waals surface area contributed by atoms with E-state index in [0.717, 1.165) is 199 Å². The number of carbonyl (C=O) groups excluding carboxylic acids is 3. The summed E-state index contributed by atoms with van der Waals surface area (Å²) >= 11 is 0. The number of rotatable bonds is 80. The van der Waals surface area contributed by atoms with Crippen LogP contribution in [0.15, 0.2) is 182 Å². The van der Waals surface area contributed by atoms with Crippen LogP contribution in [0.3, 0.4) is 0 Å². The second-order valence-electron chi connectivity index (χ2n) is 28.2. The number of carbonyl (C=O) groups is 3. The van der Waals surface area contributed by atoms with Crippen LogP contribution in [-0.2, 0) is 55.8 Å². The second-order valence-corrected chi connectivity index (χ2v) is 31.1. The van der Waals surface area contributed by atoms with Gasteiger partial charge in [-0.05, 0) is 154 Å². The molecule has 0 aromatic rings. The zero-order valence-electron chi connectivity index (χ0n) is 69.3. The summed E-state index contributed by atoms with van der Waals surface area (Å²) in [7, 11) is -9.82. The van der Waals surface area contributed by atoms with E-state index in [1.54, 1.807) is 0 Å². The highest BCUT2D eigenvalue weighted by molar-refractivity contribution is 7.47. The first-order chi connectivity index (χ1) is 54.2. The molecule has 632 valence electrons. The summed E-state index contributed by atoms with van der Waals surface area (Å²) in [5.41, 5.74) is 0. The first kappa shape index (κ1) is 106. The van der Waals surface area contributed by atoms with Crippen molar-refractivity contribution in [2.45, 2.75) is 347 Å². The van der Waals surface area contributed by atoms with Gasteiger partial charge in [0.25, 0.3) is 0 Å². The normalized spacial score (nSPS) is 14.8. The van der Waals surface area contributed by atoms with E-state index in [2.05, 4.69) is 203 Å². The van der Waals surface area contributed by atoms with Crippen molar-refractivity contribution < 1.29 is 75.8 Å². The maximum atomic E-state index is 13.0. The van der Waals surface area contributed by atoms with Crippen molar-refractivity contribution in [3.8, 4) is 0 Å². The van der Waals surface area contributed by atoms with Crippen molar-refractivity contribution in [1.29, 1.82) is 0 Å². The average Bonchev–Trinajstić information content (AvgIpc) is 0.900. The van der Waals surface area contributed by atoms with Crippen LogP contribution in [0, 0.1) is 0 Å². The zero-order valence-corrected chi connectivity index (χ0v) is 71.1. The fraction of sp³-hybridized carbons (Fsp3) is 0.645. The van der Waals surface area contributed by atoms with Crippen LogP contribution in [0.25, 0.3) is 0 Å². The molecular formula is C93H154O16P2. The maximum Gasteiger partial charge on any atom is 0.472 e. The Morgan fingerprint density at radius 3 is 0.712 bits per heavy atom. The molecule has 0 fully saturated rings. The Bertz CT molecular complexity index is 2750. The van der Waals surface area contributed by atoms with E-state index >= 15 is 0 Å². The molecule has 0 bridgehead atoms. The van der Waals surface area contributed by atoms with Crippen molar-refractivity contribution in [2.75, 3.05) is 39.6 Å². The Morgan fingerprint density at radius 2 is 0.450 bits per heavy atom. The molecule has 0 aliphatic rings. The standard InChI is InChI=1S/C93H154O16P2/c1-4-7-10-13-16-19-22-25-28-31-34-36-38-40-42-43-45-47-48-50-53-55-58-61-64-67-70-73-76-79-91(96)103-82-88(94)83-105-110(99,100)106-84-89(95)85-107-111(101,102)108-87-90(109-93(98)81-78-75-72-69-66-63-60-57-52-33-30-27-24-21-18-15-12-9-6-3)86-104-92(97)80-77-74-71-68-65-62-59-56-54-51-49-46-44-41-39-37-35-32-29-26-23-20-17-14-11-8-5-2/h7-12,16-21,25-30,34-37,40-42,44-45,47,52,57,88-90,94-95H,4-6,13-15,22-24,31-33,38-39,43,46,48-51,53-56,58-87H2,1-3H3,(H,99,100)(H,101,102)/b10-7-,11-8-,12-9-,19-16-,20-17-,21-18-,28-25-,29-26-,30-27-,36-34-,37-35-,42-40-,44-41-,47-45-,57-52-. The topological polar surface area (TPSA) is 231 Å². The van der Waals surface area contributed by atoms with Crippen LogP contribution >= 0.6 is 15.6 Å². The van der Waals surface area contributed by atoms with Crippen molar-refractivity contribution >= 4 is 33.6 Å². The molecule has 0 aliphatic carbocycles. The molecule has 0 radical (unpaired) electrons. The van der Waals surface area contributed by atoms with Gasteiger partial charge in [0.2, 0.25) is 0 Å². The minimum atomic E-state index is -4.95. The van der Waals surface area contributed by atoms with Gasteiger partial charge < -0.3 is 34.2 Å². The minimum Gasteiger partial charge on any atom is -0.463 e. The highest BCUT2D eigenvalue weighted by atomic mass is 31.2. The molecule has 18 heteroatoms. The fourth-order valence-corrected chi connectivity index (χ4v) is 12.8. The third-order valence-corrected chi connectivity index (χ3v) is 19.5. The van der Waals surface area contributed by atoms with Crippen LogP contribution in [-0.4, -0.2) is 95.9 Å². The number of aliphatic hydroxyl groups excluding tert-OH is 2. The van der Waals surface area contributed by atoms with E-state index in [1.165, 1.54) is 70.6 Å². The first-order valence-electron chi connectivity index (χ1n) is 43.1. The van der Waals surface area contributed by atoms with Crippen molar-refractivity contribution in [3.05, 3.63) is 182 Å². The molecule has 0 amide bonds. The lowest BCUT2D eigenvalue weighted by Gasteiger charge is -2.21. The van der Waals surface area contributed by atoms with E-state index in [-0.39, 0.29) is 19.3 Å². The molecule has 0 aromatic heterocycles. The lowest BCUT2D eigenvalue weighted by Crippen LogP contribution is -2.30. The number of aliphatic hydroxyl groups is 2. The van der Waals surface area contributed by atoms with Crippen molar-refractivity contribution in [2.24, 2.45) is 0 Å². The Kier molecular flexibility index (Phi) is 80.0. The first-order valence-corrected chi connectivity index (χ1v) is 46.1. The average molecular weight is 1590 g/mol. The quantitative estimate of drug-likeness (QED) is 0.0146. The molecule has 16 nitrogen and oxygen atoms in total. The molecular weight excluding hydrogens is 1430 g/mol. The van der Waals surface area contributed by atoms with Crippen LogP contribution in [0.2, 0.25) is 0 Å². The fourth-order valence-electron chi connectivity index (χ4n) is 11.2. The third-order valence-electron chi connectivity index (χ3n) is 17.6. The van der Waals surface area contributed by atoms with Crippen LogP contribution < -0.4 is 0 Å². The Hall–Kier alpha value is -5.35. The number of allylic oxidation sites excluding steroid dienone is 30. The van der Waals surface area contributed by atoms with E-state index in [9.17, 15) is 43.5 Å². The summed E-state index contributed by atoms with van der Waals surface area (Å²) < 4.78 is 61.4. The molecule has 0 saturated carbocycles. The van der Waals surface area contributed by atoms with Crippen LogP contribution in [0.4, 0.5) is 0 Å². The van der Waals surface area contributed by atoms with E-state index in [4.69, 9.17) is 32.3 Å². The molecule has 0 saturated heterocycles. The second kappa shape index (κ2) is 84.1. The van der Waals surface area contributed by atoms with Crippen LogP contribution in [0.1, 0.15) is 329 Å². The number of hydrogen-bond acceptors (Lipinski definition) is 14. The van der Waals surface area contributed by atoms with E-state index < -0.39 is 91.5 Å². The summed E-state index contributed by atoms with van der Waals surface area (Å²) in [6, 6.07) is 0. The van der Waals surface area contributed by atoms with Gasteiger partial charge >= 0.3 is 33.6 Å². The highest BCUT2D eigenvalue weighted by Gasteiger charge is 2.29. The molecule has 0 aliphatic heterocycles. The molecule has 0 rings (SSSR count). The third kappa shape index (κ3) is 85.4. The molecule has 5 unspecified atom stereocenters. The van der Waals surface area contributed by atoms with Gasteiger partial charge in [-0.2, -0.15) is 0 Å². The van der Waals surface area contributed by atoms with Crippen molar-refractivity contribution in [3.63, 3.8) is 0 Å². The van der Waals surface area contributed by atoms with Gasteiger partial charge in [-0.15, -0.1) is 0 Å². The summed E-state index contributed by atoms with van der Waals surface area (Å²) in [5, 5.41) is 20.7. The van der Waals surface area contributed by atoms with Crippen molar-refractivity contribution in [1.82, 2.24) is 0 Å². The number of esters is 3. The lowest BCUT2D eigenvalue weighted by molar-refractivity contribution is -0.161. The van der Waals surface area contributed by atoms with E-state index in [1.807, 2.05) is 0 Å². The molecule has 0 spiro atoms. The molecule has 111 heavy (non-hydrogen) atoms. The predicted molar refractivity (Wildman–Crippen MR) is 463 cm³/mol. The van der Waals surface area contributed by atoms with Gasteiger partial charge in [-0.25, -0.2) is 9.13 Å². The number of hydrogen-bond donors (Lipinski definition) is 4. The summed E-state index contributed by atoms with van der Waals surface area (Å²) in [6.45, 7) is 2.33. The van der Waals surface area contributed by atoms with Gasteiger partial charge in [0, 0.05) is 19.3 Å². The SMILES string of the molecule is CC/C=C\C/C=C\C/C=C\C/C=C\C/C=C\C/C=C\CCCCCCCCCCCCC(=O)OCC(O)COP(=O)(O)OCC(O)COP(=O)(O)OCC(COC(=O)CCCCCCCCCCCCC/C=C\C/C=C\C/C=C\C/C=C\C/C=C\CC)OC(=O)CCCCCCCC/C=C\C/C=C\C/C=C\C/C=C\CC. The van der Waals surface area contributed by atoms with E-state index in [0.29, 0.717) is 19.3 Å². The minimum absolute atomic E-state index is 0.0823. The molecule has 0 aromatic carbocycles. The van der Waals surface area contributed by atoms with Gasteiger partial charge in [0.1, 0.15) is 25.4 Å². The monoisotopic (exact) mass is 1590 g/mol. The van der Waals surface area contributed by atoms with Gasteiger partial charge in [0.15, 0.2) is 6.10 Å². The Morgan fingerprint density at radius 1 is 0.252 bits per heavy atom. The number of phosphoric ester groups is 2. The highest BCUT2D eigenvalue weighted by Crippen LogP contribution is 2.45. The molecule has 0 heterocycles. The number of phosphoric acid groups is 2. The lowest BCUT2D eigenvalue weighted by atomic mass is 10.0. The largest absolute Gasteiger partial charge is 0.472 e. The smallest absolute Gasteiger partial charge is 0.463 e. The van der Waals surface area contributed by atoms with Gasteiger partial charge in [-0.1, -0.05) is 338 Å². The Balaban J connectivity index is 4.63. The predicted octanol–water partition coefficient (Wildman–Crippen LogP) is 26.1. The van der Waals surface area contributed by atoms with Gasteiger partial charge in [0.05, 0.1) is 26.4 Å². The zero-order chi connectivity index (χ0) is 80.8. The van der Waals surface area contributed by atoms with Crippen LogP contribution in [0.5, 0.6) is 0 Å². The summed E-state index contributed by atoms with van der Waals surface area (Å²) in [4.78, 5) is 58.9. The maximum absolute atomic E-state index is 13.0. The summed E-state index contributed by atoms with van der Waals surface area (Å²) in [5.74, 6) is -1.60. The van der Waals surface area contributed by atoms with Gasteiger partial charge in [-0.3, -0.25) is 32.5 Å². The Labute approximate surface area is 675 Å². The number of unbranched alkanes of at least 4 members (excludes halogenated alkanes) is 27. The molecule has 4 N–H and O–H groups in total.